The van der Waals surface area contributed by atoms with Gasteiger partial charge in [0, 0.05) is 50.7 Å². The molecule has 3 rings (SSSR count). The van der Waals surface area contributed by atoms with E-state index in [2.05, 4.69) is 38.7 Å². The van der Waals surface area contributed by atoms with Crippen LogP contribution in [-0.2, 0) is 13.5 Å². The van der Waals surface area contributed by atoms with Gasteiger partial charge in [0.05, 0.1) is 0 Å². The first-order valence-corrected chi connectivity index (χ1v) is 6.81. The van der Waals surface area contributed by atoms with Crippen molar-refractivity contribution in [3.63, 3.8) is 0 Å². The third kappa shape index (κ3) is 2.36. The maximum Gasteiger partial charge on any atom is 0.110 e. The number of nitrogens with two attached hydrogens (primary N) is 1. The first-order valence-electron chi connectivity index (χ1n) is 6.81. The zero-order valence-corrected chi connectivity index (χ0v) is 11.3. The smallest absolute Gasteiger partial charge is 0.110 e. The van der Waals surface area contributed by atoms with E-state index in [4.69, 9.17) is 5.73 Å². The van der Waals surface area contributed by atoms with Gasteiger partial charge in [-0.25, -0.2) is 4.98 Å². The van der Waals surface area contributed by atoms with Gasteiger partial charge in [0.2, 0.25) is 0 Å². The van der Waals surface area contributed by atoms with Gasteiger partial charge in [0.15, 0.2) is 0 Å². The fraction of sp³-hybridized carbons (Fsp3) is 0.400. The number of benzene rings is 1. The van der Waals surface area contributed by atoms with Gasteiger partial charge in [-0.15, -0.1) is 0 Å². The van der Waals surface area contributed by atoms with E-state index in [-0.39, 0.29) is 6.04 Å². The third-order valence-electron chi connectivity index (χ3n) is 3.91. The summed E-state index contributed by atoms with van der Waals surface area (Å²) < 4.78 is 2.08. The topological polar surface area (TPSA) is 47.1 Å². The summed E-state index contributed by atoms with van der Waals surface area (Å²) in [5, 5.41) is 0. The van der Waals surface area contributed by atoms with E-state index in [1.165, 1.54) is 11.3 Å². The second-order valence-corrected chi connectivity index (χ2v) is 5.15. The summed E-state index contributed by atoms with van der Waals surface area (Å²) in [5.41, 5.74) is 8.74. The molecule has 0 saturated heterocycles. The van der Waals surface area contributed by atoms with Crippen LogP contribution < -0.4 is 10.6 Å². The van der Waals surface area contributed by atoms with Crippen molar-refractivity contribution in [1.29, 1.82) is 0 Å². The second-order valence-electron chi connectivity index (χ2n) is 5.15. The standard InChI is InChI=1S/C15H20N4/c1-18-11-8-17-15(18)7-10-19-9-6-13(16)12-4-2-3-5-14(12)19/h2-5,8,11,13H,6-7,9-10,16H2,1H3. The molecule has 0 spiro atoms. The van der Waals surface area contributed by atoms with E-state index >= 15 is 0 Å². The molecule has 1 aliphatic rings. The van der Waals surface area contributed by atoms with Crippen molar-refractivity contribution in [3.8, 4) is 0 Å². The molecule has 1 unspecified atom stereocenters. The lowest BCUT2D eigenvalue weighted by molar-refractivity contribution is 0.586. The van der Waals surface area contributed by atoms with Gasteiger partial charge in [0.1, 0.15) is 5.82 Å². The number of aryl methyl sites for hydroxylation is 1. The molecule has 0 fully saturated rings. The van der Waals surface area contributed by atoms with Gasteiger partial charge < -0.3 is 15.2 Å². The summed E-state index contributed by atoms with van der Waals surface area (Å²) in [5.74, 6) is 1.13. The van der Waals surface area contributed by atoms with Crippen LogP contribution in [0.4, 0.5) is 5.69 Å². The lowest BCUT2D eigenvalue weighted by Gasteiger charge is -2.34. The minimum absolute atomic E-state index is 0.181. The van der Waals surface area contributed by atoms with Crippen molar-refractivity contribution >= 4 is 5.69 Å². The van der Waals surface area contributed by atoms with Crippen molar-refractivity contribution in [3.05, 3.63) is 48.0 Å². The number of hydrogen-bond acceptors (Lipinski definition) is 3. The zero-order chi connectivity index (χ0) is 13.2. The molecule has 1 aromatic heterocycles. The Balaban J connectivity index is 1.76. The van der Waals surface area contributed by atoms with Crippen LogP contribution in [0.2, 0.25) is 0 Å². The molecule has 2 N–H and O–H groups in total. The van der Waals surface area contributed by atoms with Gasteiger partial charge in [0.25, 0.3) is 0 Å². The van der Waals surface area contributed by atoms with Gasteiger partial charge in [-0.1, -0.05) is 18.2 Å². The number of imidazole rings is 1. The molecular weight excluding hydrogens is 236 g/mol. The van der Waals surface area contributed by atoms with Crippen molar-refractivity contribution in [1.82, 2.24) is 9.55 Å². The quantitative estimate of drug-likeness (QED) is 0.912. The van der Waals surface area contributed by atoms with Crippen LogP contribution in [0.5, 0.6) is 0 Å². The highest BCUT2D eigenvalue weighted by Gasteiger charge is 2.21. The number of anilines is 1. The largest absolute Gasteiger partial charge is 0.371 e. The fourth-order valence-corrected chi connectivity index (χ4v) is 2.76. The van der Waals surface area contributed by atoms with Gasteiger partial charge in [-0.05, 0) is 18.1 Å². The van der Waals surface area contributed by atoms with Crippen molar-refractivity contribution < 1.29 is 0 Å². The molecule has 1 atom stereocenters. The van der Waals surface area contributed by atoms with E-state index in [9.17, 15) is 0 Å². The maximum atomic E-state index is 6.18. The second kappa shape index (κ2) is 5.05. The molecule has 2 heterocycles. The van der Waals surface area contributed by atoms with Crippen molar-refractivity contribution in [2.75, 3.05) is 18.0 Å². The normalized spacial score (nSPS) is 18.4. The number of nitrogens with zero attached hydrogens (tertiary/aromatic N) is 3. The van der Waals surface area contributed by atoms with E-state index in [0.717, 1.165) is 31.8 Å². The van der Waals surface area contributed by atoms with Crippen molar-refractivity contribution in [2.24, 2.45) is 12.8 Å². The molecule has 2 aromatic rings. The highest BCUT2D eigenvalue weighted by Crippen LogP contribution is 2.31. The average molecular weight is 256 g/mol. The lowest BCUT2D eigenvalue weighted by atomic mass is 9.97. The molecule has 19 heavy (non-hydrogen) atoms. The molecule has 0 amide bonds. The molecule has 0 saturated carbocycles. The first kappa shape index (κ1) is 12.2. The van der Waals surface area contributed by atoms with Gasteiger partial charge in [-0.3, -0.25) is 0 Å². The summed E-state index contributed by atoms with van der Waals surface area (Å²) in [6, 6.07) is 8.66. The highest BCUT2D eigenvalue weighted by atomic mass is 15.1. The predicted octanol–water partition coefficient (Wildman–Crippen LogP) is 1.87. The Morgan fingerprint density at radius 2 is 2.21 bits per heavy atom. The average Bonchev–Trinajstić information content (AvgIpc) is 2.84. The van der Waals surface area contributed by atoms with Crippen LogP contribution >= 0.6 is 0 Å². The van der Waals surface area contributed by atoms with Crippen LogP contribution in [0.25, 0.3) is 0 Å². The highest BCUT2D eigenvalue weighted by molar-refractivity contribution is 5.56. The Hall–Kier alpha value is -1.81. The SMILES string of the molecule is Cn1ccnc1CCN1CCC(N)c2ccccc21. The van der Waals surface area contributed by atoms with Crippen LogP contribution in [0.3, 0.4) is 0 Å². The molecule has 4 nitrogen and oxygen atoms in total. The molecule has 0 bridgehead atoms. The summed E-state index contributed by atoms with van der Waals surface area (Å²) in [6.45, 7) is 2.02. The Labute approximate surface area is 113 Å². The minimum Gasteiger partial charge on any atom is -0.371 e. The van der Waals surface area contributed by atoms with Crippen LogP contribution in [0.15, 0.2) is 36.7 Å². The molecule has 4 heteroatoms. The van der Waals surface area contributed by atoms with E-state index in [1.54, 1.807) is 0 Å². The lowest BCUT2D eigenvalue weighted by Crippen LogP contribution is -2.35. The predicted molar refractivity (Wildman–Crippen MR) is 77.1 cm³/mol. The Morgan fingerprint density at radius 3 is 3.00 bits per heavy atom. The maximum absolute atomic E-state index is 6.18. The minimum atomic E-state index is 0.181. The van der Waals surface area contributed by atoms with Crippen LogP contribution in [0.1, 0.15) is 23.9 Å². The number of fused-ring (bicyclic) bond motifs is 1. The molecule has 100 valence electrons. The molecule has 0 radical (unpaired) electrons. The van der Waals surface area contributed by atoms with Gasteiger partial charge >= 0.3 is 0 Å². The number of para-hydroxylation sites is 1. The fourth-order valence-electron chi connectivity index (χ4n) is 2.76. The summed E-state index contributed by atoms with van der Waals surface area (Å²) in [4.78, 5) is 6.81. The zero-order valence-electron chi connectivity index (χ0n) is 11.3. The van der Waals surface area contributed by atoms with Gasteiger partial charge in [-0.2, -0.15) is 0 Å². The van der Waals surface area contributed by atoms with Crippen LogP contribution in [0, 0.1) is 0 Å². The molecular formula is C15H20N4. The third-order valence-corrected chi connectivity index (χ3v) is 3.91. The molecule has 1 aromatic carbocycles. The van der Waals surface area contributed by atoms with E-state index in [1.807, 2.05) is 19.4 Å². The van der Waals surface area contributed by atoms with Crippen LogP contribution in [-0.4, -0.2) is 22.6 Å². The molecule has 1 aliphatic heterocycles. The first-order chi connectivity index (χ1) is 9.25. The number of rotatable bonds is 3. The number of aromatic nitrogens is 2. The van der Waals surface area contributed by atoms with E-state index < -0.39 is 0 Å². The Kier molecular flexibility index (Phi) is 3.25. The molecule has 0 aliphatic carbocycles. The summed E-state index contributed by atoms with van der Waals surface area (Å²) >= 11 is 0. The number of hydrogen-bond donors (Lipinski definition) is 1. The Bertz CT molecular complexity index is 561. The van der Waals surface area contributed by atoms with Crippen molar-refractivity contribution in [2.45, 2.75) is 18.9 Å². The summed E-state index contributed by atoms with van der Waals surface area (Å²) in [6.07, 6.45) is 5.84. The van der Waals surface area contributed by atoms with E-state index in [0.29, 0.717) is 0 Å². The Morgan fingerprint density at radius 1 is 1.37 bits per heavy atom. The summed E-state index contributed by atoms with van der Waals surface area (Å²) in [7, 11) is 2.04. The monoisotopic (exact) mass is 256 g/mol.